The van der Waals surface area contributed by atoms with Gasteiger partial charge in [0.05, 0.1) is 13.2 Å². The topological polar surface area (TPSA) is 93.1 Å². The molecule has 2 fully saturated rings. The summed E-state index contributed by atoms with van der Waals surface area (Å²) < 4.78 is 0. The van der Waals surface area contributed by atoms with Crippen molar-refractivity contribution in [2.45, 2.75) is 79.6 Å². The Morgan fingerprint density at radius 3 is 2.07 bits per heavy atom. The molecule has 0 aromatic rings. The van der Waals surface area contributed by atoms with Crippen molar-refractivity contribution in [3.05, 3.63) is 0 Å². The Hall–Kier alpha value is -1.14. The van der Waals surface area contributed by atoms with E-state index >= 15 is 0 Å². The number of hydrogen-bond donors (Lipinski definition) is 2. The molecule has 0 saturated heterocycles. The van der Waals surface area contributed by atoms with Crippen molar-refractivity contribution in [2.24, 2.45) is 40.4 Å². The summed E-state index contributed by atoms with van der Waals surface area (Å²) in [6.07, 6.45) is 5.14. The Morgan fingerprint density at radius 1 is 0.897 bits per heavy atom. The molecule has 168 valence electrons. The van der Waals surface area contributed by atoms with Gasteiger partial charge < -0.3 is 10.2 Å². The quantitative estimate of drug-likeness (QED) is 0.297. The summed E-state index contributed by atoms with van der Waals surface area (Å²) in [6.45, 7) is 11.5. The molecule has 0 radical (unpaired) electrons. The van der Waals surface area contributed by atoms with E-state index in [1.54, 1.807) is 0 Å². The largest absolute Gasteiger partial charge is 0.481 e. The highest BCUT2D eigenvalue weighted by molar-refractivity contribution is 5.69. The summed E-state index contributed by atoms with van der Waals surface area (Å²) in [6, 6.07) is 0. The molecule has 2 saturated carbocycles. The van der Waals surface area contributed by atoms with E-state index in [-0.39, 0.29) is 36.0 Å². The fourth-order valence-corrected chi connectivity index (χ4v) is 7.36. The third-order valence-electron chi connectivity index (χ3n) is 8.32. The maximum Gasteiger partial charge on any atom is 0.303 e. The van der Waals surface area contributed by atoms with Gasteiger partial charge in [-0.05, 0) is 61.2 Å². The second-order valence-corrected chi connectivity index (χ2v) is 9.76. The molecule has 0 bridgehead atoms. The van der Waals surface area contributed by atoms with E-state index in [2.05, 4.69) is 27.7 Å². The molecule has 2 rings (SSSR count). The first-order chi connectivity index (χ1) is 13.6. The summed E-state index contributed by atoms with van der Waals surface area (Å²) >= 11 is 0. The number of rotatable bonds is 10. The lowest BCUT2D eigenvalue weighted by atomic mass is 9.40. The van der Waals surface area contributed by atoms with Crippen molar-refractivity contribution in [1.29, 1.82) is 0 Å². The first-order valence-electron chi connectivity index (χ1n) is 11.3. The lowest BCUT2D eigenvalue weighted by Crippen LogP contribution is -2.60. The molecule has 0 heterocycles. The smallest absolute Gasteiger partial charge is 0.303 e. The first kappa shape index (κ1) is 24.1. The molecule has 0 aliphatic heterocycles. The molecular weight excluding hydrogens is 372 g/mol. The van der Waals surface area contributed by atoms with Crippen LogP contribution in [0.1, 0.15) is 79.6 Å². The standard InChI is InChI=1S/C23H40O6/c1-6-15-9-10-19-22(4,17(15)7-2)13-16(11-20(24)25)18(12-21(26)27)23(19,5)14-29-28-8-3/h15-19H,6-14H2,1-5H3,(H,24,25)(H,26,27)/t15?,16-,17?,18+,19?,22-,23-/m1/s1. The zero-order chi connectivity index (χ0) is 21.8. The van der Waals surface area contributed by atoms with E-state index in [0.29, 0.717) is 25.0 Å². The van der Waals surface area contributed by atoms with Gasteiger partial charge in [-0.1, -0.05) is 40.5 Å². The average Bonchev–Trinajstić information content (AvgIpc) is 2.63. The van der Waals surface area contributed by atoms with Crippen LogP contribution < -0.4 is 0 Å². The number of aliphatic carboxylic acids is 2. The zero-order valence-electron chi connectivity index (χ0n) is 18.8. The normalized spacial score (nSPS) is 39.7. The molecule has 3 unspecified atom stereocenters. The number of carboxylic acids is 2. The monoisotopic (exact) mass is 412 g/mol. The van der Waals surface area contributed by atoms with Gasteiger partial charge in [0, 0.05) is 18.3 Å². The summed E-state index contributed by atoms with van der Waals surface area (Å²) in [5, 5.41) is 19.2. The highest BCUT2D eigenvalue weighted by atomic mass is 17.2. The summed E-state index contributed by atoms with van der Waals surface area (Å²) in [4.78, 5) is 34.2. The SMILES string of the molecule is CCOOC[C@@]1(C)C2CCC(CC)C(CC)[C@@]2(C)C[C@@H](CC(=O)O)[C@@H]1CC(=O)O. The van der Waals surface area contributed by atoms with Crippen molar-refractivity contribution in [3.8, 4) is 0 Å². The minimum absolute atomic E-state index is 0.0116. The van der Waals surface area contributed by atoms with E-state index in [1.807, 2.05) is 6.92 Å². The van der Waals surface area contributed by atoms with Gasteiger partial charge in [0.15, 0.2) is 0 Å². The van der Waals surface area contributed by atoms with Crippen LogP contribution >= 0.6 is 0 Å². The molecule has 7 atom stereocenters. The maximum absolute atomic E-state index is 11.8. The lowest BCUT2D eigenvalue weighted by molar-refractivity contribution is -0.325. The van der Waals surface area contributed by atoms with Crippen LogP contribution in [0.4, 0.5) is 0 Å². The molecule has 0 aromatic heterocycles. The van der Waals surface area contributed by atoms with Crippen molar-refractivity contribution >= 4 is 11.9 Å². The highest BCUT2D eigenvalue weighted by Crippen LogP contribution is 2.66. The third-order valence-corrected chi connectivity index (χ3v) is 8.32. The van der Waals surface area contributed by atoms with E-state index in [0.717, 1.165) is 32.1 Å². The fraction of sp³-hybridized carbons (Fsp3) is 0.913. The van der Waals surface area contributed by atoms with Gasteiger partial charge >= 0.3 is 11.9 Å². The fourth-order valence-electron chi connectivity index (χ4n) is 7.36. The molecule has 6 heteroatoms. The van der Waals surface area contributed by atoms with Crippen LogP contribution in [0.15, 0.2) is 0 Å². The highest BCUT2D eigenvalue weighted by Gasteiger charge is 2.61. The summed E-state index contributed by atoms with van der Waals surface area (Å²) in [5.74, 6) is -0.700. The Bertz CT molecular complexity index is 578. The molecular formula is C23H40O6. The van der Waals surface area contributed by atoms with E-state index < -0.39 is 17.4 Å². The number of hydrogen-bond acceptors (Lipinski definition) is 4. The number of carboxylic acid groups (broad SMARTS) is 2. The predicted octanol–water partition coefficient (Wildman–Crippen LogP) is 5.02. The first-order valence-corrected chi connectivity index (χ1v) is 11.3. The van der Waals surface area contributed by atoms with Gasteiger partial charge in [-0.25, -0.2) is 9.78 Å². The van der Waals surface area contributed by atoms with Crippen molar-refractivity contribution in [2.75, 3.05) is 13.2 Å². The van der Waals surface area contributed by atoms with E-state index in [1.165, 1.54) is 0 Å². The summed E-state index contributed by atoms with van der Waals surface area (Å²) in [5.41, 5.74) is -0.458. The van der Waals surface area contributed by atoms with Gasteiger partial charge in [-0.2, -0.15) is 0 Å². The van der Waals surface area contributed by atoms with Crippen LogP contribution in [0, 0.1) is 40.4 Å². The Morgan fingerprint density at radius 2 is 1.55 bits per heavy atom. The van der Waals surface area contributed by atoms with E-state index in [9.17, 15) is 19.8 Å². The van der Waals surface area contributed by atoms with Crippen LogP contribution in [0.3, 0.4) is 0 Å². The molecule has 0 aromatic carbocycles. The van der Waals surface area contributed by atoms with Crippen LogP contribution in [0.2, 0.25) is 0 Å². The molecule has 6 nitrogen and oxygen atoms in total. The molecule has 0 amide bonds. The van der Waals surface area contributed by atoms with Crippen molar-refractivity contribution in [3.63, 3.8) is 0 Å². The maximum atomic E-state index is 11.8. The second-order valence-electron chi connectivity index (χ2n) is 9.76. The number of fused-ring (bicyclic) bond motifs is 1. The van der Waals surface area contributed by atoms with E-state index in [4.69, 9.17) is 9.78 Å². The van der Waals surface area contributed by atoms with Crippen LogP contribution in [0.25, 0.3) is 0 Å². The molecule has 2 aliphatic rings. The Labute approximate surface area is 175 Å². The number of carbonyl (C=O) groups is 2. The Kier molecular flexibility index (Phi) is 8.14. The molecule has 0 spiro atoms. The van der Waals surface area contributed by atoms with Crippen LogP contribution in [-0.4, -0.2) is 35.4 Å². The van der Waals surface area contributed by atoms with Gasteiger partial charge in [0.25, 0.3) is 0 Å². The minimum Gasteiger partial charge on any atom is -0.481 e. The van der Waals surface area contributed by atoms with Crippen LogP contribution in [0.5, 0.6) is 0 Å². The predicted molar refractivity (Wildman–Crippen MR) is 110 cm³/mol. The molecule has 2 N–H and O–H groups in total. The van der Waals surface area contributed by atoms with Crippen LogP contribution in [-0.2, 0) is 19.4 Å². The lowest BCUT2D eigenvalue weighted by Gasteiger charge is -2.64. The average molecular weight is 413 g/mol. The zero-order valence-corrected chi connectivity index (χ0v) is 18.8. The third kappa shape index (κ3) is 4.79. The molecule has 2 aliphatic carbocycles. The summed E-state index contributed by atoms with van der Waals surface area (Å²) in [7, 11) is 0. The minimum atomic E-state index is -0.870. The van der Waals surface area contributed by atoms with Crippen molar-refractivity contribution < 1.29 is 29.6 Å². The van der Waals surface area contributed by atoms with Crippen molar-refractivity contribution in [1.82, 2.24) is 0 Å². The van der Waals surface area contributed by atoms with Gasteiger partial charge in [0.1, 0.15) is 0 Å². The second kappa shape index (κ2) is 9.78. The Balaban J connectivity index is 2.52. The molecule has 29 heavy (non-hydrogen) atoms. The van der Waals surface area contributed by atoms with Gasteiger partial charge in [0.2, 0.25) is 0 Å². The van der Waals surface area contributed by atoms with Gasteiger partial charge in [-0.3, -0.25) is 9.59 Å². The van der Waals surface area contributed by atoms with Gasteiger partial charge in [-0.15, -0.1) is 0 Å².